The molecule has 1 amide bonds. The summed E-state index contributed by atoms with van der Waals surface area (Å²) >= 11 is 0. The van der Waals surface area contributed by atoms with Crippen LogP contribution in [0.25, 0.3) is 0 Å². The zero-order valence-corrected chi connectivity index (χ0v) is 12.7. The van der Waals surface area contributed by atoms with Crippen LogP contribution in [0, 0.1) is 0 Å². The molecular formula is C14H27N3O3. The molecule has 0 atom stereocenters. The highest BCUT2D eigenvalue weighted by Gasteiger charge is 2.22. The van der Waals surface area contributed by atoms with Crippen molar-refractivity contribution in [1.82, 2.24) is 14.7 Å². The minimum Gasteiger partial charge on any atom is -0.480 e. The summed E-state index contributed by atoms with van der Waals surface area (Å²) in [6, 6.07) is 0. The summed E-state index contributed by atoms with van der Waals surface area (Å²) in [5.74, 6) is -0.591. The van der Waals surface area contributed by atoms with Crippen LogP contribution in [0.5, 0.6) is 0 Å². The number of aliphatic carboxylic acids is 1. The minimum atomic E-state index is -0.786. The zero-order chi connectivity index (χ0) is 15.0. The number of nitrogens with zero attached hydrogens (tertiary/aromatic N) is 3. The quantitative estimate of drug-likeness (QED) is 0.696. The normalized spacial score (nSPS) is 17.1. The van der Waals surface area contributed by atoms with Gasteiger partial charge in [0.05, 0.1) is 13.1 Å². The highest BCUT2D eigenvalue weighted by Crippen LogP contribution is 2.03. The molecule has 1 saturated heterocycles. The molecule has 0 aromatic carbocycles. The van der Waals surface area contributed by atoms with Crippen molar-refractivity contribution >= 4 is 11.9 Å². The first-order valence-corrected chi connectivity index (χ1v) is 7.51. The van der Waals surface area contributed by atoms with Crippen LogP contribution in [0.2, 0.25) is 0 Å². The lowest BCUT2D eigenvalue weighted by molar-refractivity contribution is -0.139. The van der Waals surface area contributed by atoms with Gasteiger partial charge in [-0.15, -0.1) is 0 Å². The third-order valence-corrected chi connectivity index (χ3v) is 3.52. The highest BCUT2D eigenvalue weighted by molar-refractivity contribution is 5.78. The molecule has 0 saturated carbocycles. The lowest BCUT2D eigenvalue weighted by Gasteiger charge is -2.34. The Morgan fingerprint density at radius 3 is 1.80 bits per heavy atom. The van der Waals surface area contributed by atoms with Crippen molar-refractivity contribution in [3.05, 3.63) is 0 Å². The van der Waals surface area contributed by atoms with E-state index in [1.807, 2.05) is 9.80 Å². The third-order valence-electron chi connectivity index (χ3n) is 3.52. The maximum absolute atomic E-state index is 12.2. The van der Waals surface area contributed by atoms with E-state index in [1.165, 1.54) is 0 Å². The summed E-state index contributed by atoms with van der Waals surface area (Å²) in [4.78, 5) is 28.8. The molecule has 20 heavy (non-hydrogen) atoms. The molecule has 0 aromatic rings. The Labute approximate surface area is 121 Å². The monoisotopic (exact) mass is 285 g/mol. The highest BCUT2D eigenvalue weighted by atomic mass is 16.4. The van der Waals surface area contributed by atoms with Crippen molar-refractivity contribution in [2.24, 2.45) is 0 Å². The van der Waals surface area contributed by atoms with E-state index in [0.717, 1.165) is 52.1 Å². The van der Waals surface area contributed by atoms with Crippen molar-refractivity contribution in [2.75, 3.05) is 52.4 Å². The second-order valence-electron chi connectivity index (χ2n) is 5.33. The van der Waals surface area contributed by atoms with Crippen molar-refractivity contribution in [1.29, 1.82) is 0 Å². The average molecular weight is 285 g/mol. The first-order valence-electron chi connectivity index (χ1n) is 7.51. The number of piperazine rings is 1. The number of carboxylic acids is 1. The molecule has 6 nitrogen and oxygen atoms in total. The number of hydrogen-bond acceptors (Lipinski definition) is 4. The van der Waals surface area contributed by atoms with Crippen molar-refractivity contribution < 1.29 is 14.7 Å². The van der Waals surface area contributed by atoms with Crippen LogP contribution in [0.4, 0.5) is 0 Å². The summed E-state index contributed by atoms with van der Waals surface area (Å²) in [5, 5.41) is 8.75. The van der Waals surface area contributed by atoms with Gasteiger partial charge in [-0.2, -0.15) is 0 Å². The van der Waals surface area contributed by atoms with Gasteiger partial charge in [0.1, 0.15) is 0 Å². The van der Waals surface area contributed by atoms with E-state index in [9.17, 15) is 9.59 Å². The smallest absolute Gasteiger partial charge is 0.317 e. The second-order valence-corrected chi connectivity index (χ2v) is 5.33. The fourth-order valence-corrected chi connectivity index (χ4v) is 2.49. The lowest BCUT2D eigenvalue weighted by Crippen LogP contribution is -2.51. The number of carboxylic acid groups (broad SMARTS) is 1. The van der Waals surface area contributed by atoms with Gasteiger partial charge in [-0.05, 0) is 12.8 Å². The number of rotatable bonds is 8. The van der Waals surface area contributed by atoms with Crippen LogP contribution in [-0.2, 0) is 9.59 Å². The standard InChI is InChI=1S/C14H27N3O3/c1-3-5-17(6-4-2)13(18)11-15-7-9-16(10-8-15)12-14(19)20/h3-12H2,1-2H3,(H,19,20). The molecule has 0 bridgehead atoms. The number of carbonyl (C=O) groups excluding carboxylic acids is 1. The summed E-state index contributed by atoms with van der Waals surface area (Å²) in [7, 11) is 0. The van der Waals surface area contributed by atoms with Crippen LogP contribution in [0.1, 0.15) is 26.7 Å². The molecule has 1 fully saturated rings. The van der Waals surface area contributed by atoms with Crippen LogP contribution < -0.4 is 0 Å². The van der Waals surface area contributed by atoms with Crippen LogP contribution in [0.3, 0.4) is 0 Å². The molecule has 1 aliphatic rings. The maximum atomic E-state index is 12.2. The molecule has 1 rings (SSSR count). The van der Waals surface area contributed by atoms with Gasteiger partial charge in [0.2, 0.25) is 5.91 Å². The van der Waals surface area contributed by atoms with E-state index >= 15 is 0 Å². The Hall–Kier alpha value is -1.14. The molecule has 0 unspecified atom stereocenters. The number of carbonyl (C=O) groups is 2. The predicted molar refractivity (Wildman–Crippen MR) is 77.7 cm³/mol. The lowest BCUT2D eigenvalue weighted by atomic mass is 10.3. The Balaban J connectivity index is 2.34. The molecule has 6 heteroatoms. The fourth-order valence-electron chi connectivity index (χ4n) is 2.49. The second kappa shape index (κ2) is 8.92. The molecule has 0 aromatic heterocycles. The predicted octanol–water partition coefficient (Wildman–Crippen LogP) is 0.337. The Morgan fingerprint density at radius 2 is 1.40 bits per heavy atom. The van der Waals surface area contributed by atoms with Crippen LogP contribution in [-0.4, -0.2) is 84.0 Å². The fraction of sp³-hybridized carbons (Fsp3) is 0.857. The minimum absolute atomic E-state index is 0.0968. The molecule has 1 N–H and O–H groups in total. The molecule has 1 heterocycles. The van der Waals surface area contributed by atoms with Gasteiger partial charge in [-0.25, -0.2) is 0 Å². The van der Waals surface area contributed by atoms with Gasteiger partial charge >= 0.3 is 5.97 Å². The van der Waals surface area contributed by atoms with E-state index in [2.05, 4.69) is 18.7 Å². The van der Waals surface area contributed by atoms with Crippen molar-refractivity contribution in [3.63, 3.8) is 0 Å². The maximum Gasteiger partial charge on any atom is 0.317 e. The molecule has 0 spiro atoms. The topological polar surface area (TPSA) is 64.1 Å². The van der Waals surface area contributed by atoms with Gasteiger partial charge in [-0.1, -0.05) is 13.8 Å². The summed E-state index contributed by atoms with van der Waals surface area (Å²) in [6.07, 6.45) is 1.97. The summed E-state index contributed by atoms with van der Waals surface area (Å²) < 4.78 is 0. The van der Waals surface area contributed by atoms with Crippen LogP contribution in [0.15, 0.2) is 0 Å². The van der Waals surface area contributed by atoms with E-state index in [-0.39, 0.29) is 12.5 Å². The van der Waals surface area contributed by atoms with Gasteiger partial charge < -0.3 is 10.0 Å². The zero-order valence-electron chi connectivity index (χ0n) is 12.7. The number of hydrogen-bond donors (Lipinski definition) is 1. The SMILES string of the molecule is CCCN(CCC)C(=O)CN1CCN(CC(=O)O)CC1. The Morgan fingerprint density at radius 1 is 0.950 bits per heavy atom. The van der Waals surface area contributed by atoms with Crippen molar-refractivity contribution in [2.45, 2.75) is 26.7 Å². The average Bonchev–Trinajstić information content (AvgIpc) is 2.40. The molecular weight excluding hydrogens is 258 g/mol. The van der Waals surface area contributed by atoms with Gasteiger partial charge in [0.25, 0.3) is 0 Å². The van der Waals surface area contributed by atoms with Gasteiger partial charge in [0.15, 0.2) is 0 Å². The molecule has 116 valence electrons. The number of amides is 1. The molecule has 1 aliphatic heterocycles. The summed E-state index contributed by atoms with van der Waals surface area (Å²) in [6.45, 7) is 9.36. The van der Waals surface area contributed by atoms with Gasteiger partial charge in [0, 0.05) is 39.3 Å². The van der Waals surface area contributed by atoms with E-state index < -0.39 is 5.97 Å². The largest absolute Gasteiger partial charge is 0.480 e. The van der Waals surface area contributed by atoms with E-state index in [0.29, 0.717) is 6.54 Å². The Kier molecular flexibility index (Phi) is 7.54. The molecule has 0 radical (unpaired) electrons. The van der Waals surface area contributed by atoms with Crippen LogP contribution >= 0.6 is 0 Å². The molecule has 0 aliphatic carbocycles. The summed E-state index contributed by atoms with van der Waals surface area (Å²) in [5.41, 5.74) is 0. The Bertz CT molecular complexity index is 309. The van der Waals surface area contributed by atoms with E-state index in [1.54, 1.807) is 0 Å². The first kappa shape index (κ1) is 16.9. The van der Waals surface area contributed by atoms with E-state index in [4.69, 9.17) is 5.11 Å². The third kappa shape index (κ3) is 5.88. The van der Waals surface area contributed by atoms with Crippen molar-refractivity contribution in [3.8, 4) is 0 Å². The van der Waals surface area contributed by atoms with Gasteiger partial charge in [-0.3, -0.25) is 19.4 Å². The first-order chi connectivity index (χ1) is 9.56.